The summed E-state index contributed by atoms with van der Waals surface area (Å²) in [5.74, 6) is 0.450. The summed E-state index contributed by atoms with van der Waals surface area (Å²) in [5, 5.41) is 11.6. The second kappa shape index (κ2) is 7.21. The fourth-order valence-electron chi connectivity index (χ4n) is 2.73. The van der Waals surface area contributed by atoms with E-state index in [0.29, 0.717) is 18.0 Å². The summed E-state index contributed by atoms with van der Waals surface area (Å²) >= 11 is 0. The topological polar surface area (TPSA) is 82.2 Å². The molecule has 0 saturated carbocycles. The third-order valence-electron chi connectivity index (χ3n) is 4.07. The lowest BCUT2D eigenvalue weighted by atomic mass is 9.91. The minimum Gasteiger partial charge on any atom is -0.327 e. The van der Waals surface area contributed by atoms with Gasteiger partial charge in [0.05, 0.1) is 18.2 Å². The van der Waals surface area contributed by atoms with Crippen LogP contribution in [0.4, 0.5) is 5.69 Å². The molecule has 3 N–H and O–H groups in total. The maximum atomic E-state index is 12.1. The molecule has 1 aliphatic heterocycles. The molecule has 1 fully saturated rings. The Morgan fingerprint density at radius 2 is 2.19 bits per heavy atom. The van der Waals surface area contributed by atoms with Crippen LogP contribution >= 0.6 is 0 Å². The van der Waals surface area contributed by atoms with Crippen molar-refractivity contribution in [2.45, 2.75) is 25.8 Å². The van der Waals surface area contributed by atoms with E-state index < -0.39 is 0 Å². The first kappa shape index (κ1) is 15.5. The van der Waals surface area contributed by atoms with Gasteiger partial charge in [-0.2, -0.15) is 5.26 Å². The van der Waals surface area contributed by atoms with Crippen molar-refractivity contribution in [3.8, 4) is 6.07 Å². The van der Waals surface area contributed by atoms with Gasteiger partial charge in [-0.1, -0.05) is 13.3 Å². The Hall–Kier alpha value is -1.90. The average molecular weight is 286 g/mol. The number of benzene rings is 1. The summed E-state index contributed by atoms with van der Waals surface area (Å²) in [6.45, 7) is 4.30. The zero-order valence-corrected chi connectivity index (χ0v) is 12.4. The molecular weight excluding hydrogens is 264 g/mol. The van der Waals surface area contributed by atoms with E-state index >= 15 is 0 Å². The number of hydrogen-bond acceptors (Lipinski definition) is 4. The van der Waals surface area contributed by atoms with Crippen LogP contribution in [-0.2, 0) is 4.79 Å². The highest BCUT2D eigenvalue weighted by molar-refractivity contribution is 5.92. The molecule has 0 radical (unpaired) electrons. The van der Waals surface area contributed by atoms with Crippen molar-refractivity contribution in [2.24, 2.45) is 11.7 Å². The van der Waals surface area contributed by atoms with Crippen molar-refractivity contribution in [2.75, 3.05) is 25.0 Å². The first-order chi connectivity index (χ1) is 10.1. The normalized spacial score (nSPS) is 22.5. The molecule has 2 atom stereocenters. The molecule has 1 amide bonds. The fourth-order valence-corrected chi connectivity index (χ4v) is 2.73. The number of hydrogen-bond donors (Lipinski definition) is 2. The van der Waals surface area contributed by atoms with E-state index in [1.807, 2.05) is 0 Å². The fraction of sp³-hybridized carbons (Fsp3) is 0.500. The Balaban J connectivity index is 1.85. The number of rotatable bonds is 4. The molecule has 112 valence electrons. The number of nitrogens with two attached hydrogens (primary N) is 1. The van der Waals surface area contributed by atoms with Crippen LogP contribution in [0.1, 0.15) is 25.3 Å². The highest BCUT2D eigenvalue weighted by Gasteiger charge is 2.26. The van der Waals surface area contributed by atoms with Crippen molar-refractivity contribution >= 4 is 11.6 Å². The molecule has 1 aromatic carbocycles. The van der Waals surface area contributed by atoms with Crippen molar-refractivity contribution in [3.05, 3.63) is 29.8 Å². The van der Waals surface area contributed by atoms with Gasteiger partial charge in [0.25, 0.3) is 0 Å². The lowest BCUT2D eigenvalue weighted by molar-refractivity contribution is -0.117. The Kier molecular flexibility index (Phi) is 5.32. The third-order valence-corrected chi connectivity index (χ3v) is 4.07. The SMILES string of the molecule is CCC1CN(CC(=O)Nc2ccc(C#N)cc2)CCC1N. The molecule has 21 heavy (non-hydrogen) atoms. The number of piperidine rings is 1. The maximum Gasteiger partial charge on any atom is 0.238 e. The van der Waals surface area contributed by atoms with Gasteiger partial charge in [0.1, 0.15) is 0 Å². The zero-order valence-electron chi connectivity index (χ0n) is 12.4. The predicted octanol–water partition coefficient (Wildman–Crippen LogP) is 1.56. The summed E-state index contributed by atoms with van der Waals surface area (Å²) in [6, 6.07) is 9.20. The lowest BCUT2D eigenvalue weighted by Crippen LogP contribution is -2.48. The first-order valence-electron chi connectivity index (χ1n) is 7.40. The van der Waals surface area contributed by atoms with E-state index in [-0.39, 0.29) is 11.9 Å². The van der Waals surface area contributed by atoms with E-state index in [1.165, 1.54) is 0 Å². The second-order valence-electron chi connectivity index (χ2n) is 5.59. The van der Waals surface area contributed by atoms with Crippen LogP contribution in [0.5, 0.6) is 0 Å². The van der Waals surface area contributed by atoms with Crippen molar-refractivity contribution < 1.29 is 4.79 Å². The van der Waals surface area contributed by atoms with Gasteiger partial charge in [0.2, 0.25) is 5.91 Å². The molecule has 0 bridgehead atoms. The van der Waals surface area contributed by atoms with E-state index in [4.69, 9.17) is 11.0 Å². The maximum absolute atomic E-state index is 12.1. The average Bonchev–Trinajstić information content (AvgIpc) is 2.50. The molecule has 1 saturated heterocycles. The molecule has 0 aliphatic carbocycles. The van der Waals surface area contributed by atoms with Crippen LogP contribution in [0.15, 0.2) is 24.3 Å². The Morgan fingerprint density at radius 1 is 1.48 bits per heavy atom. The first-order valence-corrected chi connectivity index (χ1v) is 7.40. The molecule has 2 rings (SSSR count). The van der Waals surface area contributed by atoms with Gasteiger partial charge in [-0.05, 0) is 36.6 Å². The number of nitrogens with zero attached hydrogens (tertiary/aromatic N) is 2. The van der Waals surface area contributed by atoms with Gasteiger partial charge < -0.3 is 11.1 Å². The quantitative estimate of drug-likeness (QED) is 0.880. The van der Waals surface area contributed by atoms with Crippen LogP contribution in [0.2, 0.25) is 0 Å². The summed E-state index contributed by atoms with van der Waals surface area (Å²) < 4.78 is 0. The van der Waals surface area contributed by atoms with Crippen LogP contribution in [0.25, 0.3) is 0 Å². The lowest BCUT2D eigenvalue weighted by Gasteiger charge is -2.36. The van der Waals surface area contributed by atoms with Crippen LogP contribution in [0, 0.1) is 17.2 Å². The second-order valence-corrected chi connectivity index (χ2v) is 5.59. The van der Waals surface area contributed by atoms with Gasteiger partial charge in [-0.25, -0.2) is 0 Å². The molecule has 2 unspecified atom stereocenters. The van der Waals surface area contributed by atoms with Crippen molar-refractivity contribution in [3.63, 3.8) is 0 Å². The smallest absolute Gasteiger partial charge is 0.238 e. The highest BCUT2D eigenvalue weighted by atomic mass is 16.2. The van der Waals surface area contributed by atoms with E-state index in [1.54, 1.807) is 24.3 Å². The number of likely N-dealkylation sites (tertiary alicyclic amines) is 1. The Labute approximate surface area is 125 Å². The van der Waals surface area contributed by atoms with E-state index in [9.17, 15) is 4.79 Å². The number of carbonyl (C=O) groups is 1. The van der Waals surface area contributed by atoms with E-state index in [0.717, 1.165) is 31.6 Å². The minimum absolute atomic E-state index is 0.0231. The van der Waals surface area contributed by atoms with Gasteiger partial charge in [-0.3, -0.25) is 9.69 Å². The number of amides is 1. The molecule has 5 heteroatoms. The van der Waals surface area contributed by atoms with Gasteiger partial charge >= 0.3 is 0 Å². The van der Waals surface area contributed by atoms with Crippen LogP contribution < -0.4 is 11.1 Å². The summed E-state index contributed by atoms with van der Waals surface area (Å²) in [6.07, 6.45) is 2.00. The number of carbonyl (C=O) groups excluding carboxylic acids is 1. The number of nitrogens with one attached hydrogen (secondary N) is 1. The number of nitriles is 1. The molecule has 1 heterocycles. The Morgan fingerprint density at radius 3 is 2.81 bits per heavy atom. The van der Waals surface area contributed by atoms with Crippen LogP contribution in [-0.4, -0.2) is 36.5 Å². The van der Waals surface area contributed by atoms with Crippen molar-refractivity contribution in [1.82, 2.24) is 4.90 Å². The molecule has 1 aliphatic rings. The molecule has 0 aromatic heterocycles. The van der Waals surface area contributed by atoms with Gasteiger partial charge in [-0.15, -0.1) is 0 Å². The zero-order chi connectivity index (χ0) is 15.2. The number of anilines is 1. The monoisotopic (exact) mass is 286 g/mol. The van der Waals surface area contributed by atoms with Gasteiger partial charge in [0.15, 0.2) is 0 Å². The minimum atomic E-state index is -0.0231. The summed E-state index contributed by atoms with van der Waals surface area (Å²) in [7, 11) is 0. The Bertz CT molecular complexity index is 520. The standard InChI is InChI=1S/C16H22N4O/c1-2-13-10-20(8-7-15(13)18)11-16(21)19-14-5-3-12(9-17)4-6-14/h3-6,13,15H,2,7-8,10-11,18H2,1H3,(H,19,21). The predicted molar refractivity (Wildman–Crippen MR) is 82.6 cm³/mol. The van der Waals surface area contributed by atoms with E-state index in [2.05, 4.69) is 23.2 Å². The molecule has 0 spiro atoms. The summed E-state index contributed by atoms with van der Waals surface area (Å²) in [5.41, 5.74) is 7.39. The molecule has 1 aromatic rings. The van der Waals surface area contributed by atoms with Gasteiger partial charge in [0, 0.05) is 24.8 Å². The van der Waals surface area contributed by atoms with Crippen LogP contribution in [0.3, 0.4) is 0 Å². The molecule has 5 nitrogen and oxygen atoms in total. The molecular formula is C16H22N4O. The largest absolute Gasteiger partial charge is 0.327 e. The third kappa shape index (κ3) is 4.28. The highest BCUT2D eigenvalue weighted by Crippen LogP contribution is 2.18. The summed E-state index contributed by atoms with van der Waals surface area (Å²) in [4.78, 5) is 14.2. The van der Waals surface area contributed by atoms with Crippen molar-refractivity contribution in [1.29, 1.82) is 5.26 Å².